The Bertz CT molecular complexity index is 625. The molecule has 1 aliphatic heterocycles. The summed E-state index contributed by atoms with van der Waals surface area (Å²) in [4.78, 5) is 15.9. The van der Waals surface area contributed by atoms with Gasteiger partial charge in [-0.25, -0.2) is 4.39 Å². The van der Waals surface area contributed by atoms with Crippen molar-refractivity contribution < 1.29 is 9.18 Å². The summed E-state index contributed by atoms with van der Waals surface area (Å²) >= 11 is 0. The normalized spacial score (nSPS) is 12.9. The van der Waals surface area contributed by atoms with Crippen molar-refractivity contribution in [3.05, 3.63) is 59.2 Å². The number of rotatable bonds is 2. The van der Waals surface area contributed by atoms with Crippen LogP contribution in [0.3, 0.4) is 0 Å². The molecule has 1 N–H and O–H groups in total. The van der Waals surface area contributed by atoms with Crippen LogP contribution in [0, 0.1) is 5.82 Å². The van der Waals surface area contributed by atoms with E-state index < -0.39 is 5.82 Å². The smallest absolute Gasteiger partial charge is 0.194 e. The van der Waals surface area contributed by atoms with Gasteiger partial charge in [-0.2, -0.15) is 0 Å². The van der Waals surface area contributed by atoms with E-state index in [0.29, 0.717) is 5.56 Å². The number of hydrogen-bond donors (Lipinski definition) is 1. The number of anilines is 1. The lowest BCUT2D eigenvalue weighted by atomic mass is 10.0. The number of nitrogens with zero attached hydrogens (tertiary/aromatic N) is 1. The molecule has 0 saturated heterocycles. The summed E-state index contributed by atoms with van der Waals surface area (Å²) in [6.07, 6.45) is 3.39. The van der Waals surface area contributed by atoms with E-state index in [1.54, 1.807) is 6.07 Å². The maximum absolute atomic E-state index is 13.0. The van der Waals surface area contributed by atoms with Crippen LogP contribution in [0.2, 0.25) is 0 Å². The lowest BCUT2D eigenvalue weighted by Gasteiger charge is -2.04. The summed E-state index contributed by atoms with van der Waals surface area (Å²) in [6.45, 7) is 0.897. The quantitative estimate of drug-likeness (QED) is 0.822. The first kappa shape index (κ1) is 10.9. The molecular formula is C14H11FN2O. The van der Waals surface area contributed by atoms with Crippen molar-refractivity contribution in [3.8, 4) is 0 Å². The predicted octanol–water partition coefficient (Wildman–Crippen LogP) is 2.42. The third kappa shape index (κ3) is 1.86. The molecule has 4 heteroatoms. The summed E-state index contributed by atoms with van der Waals surface area (Å²) < 4.78 is 13.0. The van der Waals surface area contributed by atoms with Crippen molar-refractivity contribution in [2.24, 2.45) is 0 Å². The Labute approximate surface area is 104 Å². The summed E-state index contributed by atoms with van der Waals surface area (Å²) in [5.74, 6) is -0.694. The van der Waals surface area contributed by atoms with E-state index in [9.17, 15) is 9.18 Å². The molecule has 1 aromatic heterocycles. The van der Waals surface area contributed by atoms with Crippen LogP contribution in [0.25, 0.3) is 0 Å². The van der Waals surface area contributed by atoms with Crippen LogP contribution in [-0.2, 0) is 6.42 Å². The molecule has 2 aromatic rings. The Balaban J connectivity index is 1.98. The Hall–Kier alpha value is -2.23. The van der Waals surface area contributed by atoms with Gasteiger partial charge in [0.05, 0.1) is 6.20 Å². The van der Waals surface area contributed by atoms with Crippen molar-refractivity contribution >= 4 is 11.5 Å². The van der Waals surface area contributed by atoms with Gasteiger partial charge in [-0.15, -0.1) is 0 Å². The van der Waals surface area contributed by atoms with E-state index in [4.69, 9.17) is 0 Å². The zero-order valence-corrected chi connectivity index (χ0v) is 9.61. The second-order valence-corrected chi connectivity index (χ2v) is 4.27. The first-order valence-corrected chi connectivity index (χ1v) is 5.76. The summed E-state index contributed by atoms with van der Waals surface area (Å²) in [6, 6.07) is 6.72. The number of nitrogens with one attached hydrogen (secondary N) is 1. The number of benzene rings is 1. The molecule has 0 amide bonds. The van der Waals surface area contributed by atoms with E-state index in [0.717, 1.165) is 30.4 Å². The van der Waals surface area contributed by atoms with Crippen molar-refractivity contribution in [1.29, 1.82) is 0 Å². The lowest BCUT2D eigenvalue weighted by Crippen LogP contribution is -2.03. The lowest BCUT2D eigenvalue weighted by molar-refractivity contribution is 0.103. The Morgan fingerprint density at radius 1 is 1.22 bits per heavy atom. The third-order valence-corrected chi connectivity index (χ3v) is 3.04. The number of hydrogen-bond acceptors (Lipinski definition) is 3. The molecular weight excluding hydrogens is 231 g/mol. The van der Waals surface area contributed by atoms with E-state index in [1.807, 2.05) is 12.1 Å². The van der Waals surface area contributed by atoms with Gasteiger partial charge in [0.1, 0.15) is 5.82 Å². The minimum Gasteiger partial charge on any atom is -0.384 e. The molecule has 0 aliphatic carbocycles. The van der Waals surface area contributed by atoms with Crippen molar-refractivity contribution in [3.63, 3.8) is 0 Å². The standard InChI is InChI=1S/C14H11FN2O/c15-12-6-11(7-16-8-12)14(18)10-1-2-13-9(5-10)3-4-17-13/h1-2,5-8,17H,3-4H2. The van der Waals surface area contributed by atoms with Gasteiger partial charge in [-0.1, -0.05) is 0 Å². The van der Waals surface area contributed by atoms with Crippen LogP contribution in [0.5, 0.6) is 0 Å². The molecule has 90 valence electrons. The van der Waals surface area contributed by atoms with Gasteiger partial charge in [0, 0.05) is 29.6 Å². The fourth-order valence-corrected chi connectivity index (χ4v) is 2.15. The summed E-state index contributed by atoms with van der Waals surface area (Å²) in [7, 11) is 0. The Morgan fingerprint density at radius 3 is 2.94 bits per heavy atom. The van der Waals surface area contributed by atoms with Crippen LogP contribution >= 0.6 is 0 Å². The number of ketones is 1. The Morgan fingerprint density at radius 2 is 2.11 bits per heavy atom. The molecule has 3 rings (SSSR count). The summed E-state index contributed by atoms with van der Waals surface area (Å²) in [5, 5.41) is 3.23. The SMILES string of the molecule is O=C(c1cncc(F)c1)c1ccc2c(c1)CCN2. The number of halogens is 1. The van der Waals surface area contributed by atoms with Crippen molar-refractivity contribution in [2.45, 2.75) is 6.42 Å². The highest BCUT2D eigenvalue weighted by molar-refractivity contribution is 6.09. The number of pyridine rings is 1. The summed E-state index contributed by atoms with van der Waals surface area (Å²) in [5.41, 5.74) is 3.06. The average molecular weight is 242 g/mol. The Kier molecular flexibility index (Phi) is 2.55. The van der Waals surface area contributed by atoms with Gasteiger partial charge < -0.3 is 5.32 Å². The van der Waals surface area contributed by atoms with E-state index in [-0.39, 0.29) is 11.3 Å². The highest BCUT2D eigenvalue weighted by atomic mass is 19.1. The third-order valence-electron chi connectivity index (χ3n) is 3.04. The highest BCUT2D eigenvalue weighted by Crippen LogP contribution is 2.24. The molecule has 0 radical (unpaired) electrons. The second-order valence-electron chi connectivity index (χ2n) is 4.27. The number of fused-ring (bicyclic) bond motifs is 1. The van der Waals surface area contributed by atoms with E-state index in [2.05, 4.69) is 10.3 Å². The molecule has 1 aromatic carbocycles. The molecule has 0 atom stereocenters. The molecule has 0 fully saturated rings. The molecule has 0 bridgehead atoms. The second kappa shape index (κ2) is 4.22. The minimum atomic E-state index is -0.497. The number of aromatic nitrogens is 1. The zero-order valence-electron chi connectivity index (χ0n) is 9.61. The van der Waals surface area contributed by atoms with Crippen LogP contribution in [0.1, 0.15) is 21.5 Å². The molecule has 3 nitrogen and oxygen atoms in total. The molecule has 0 unspecified atom stereocenters. The zero-order chi connectivity index (χ0) is 12.5. The highest BCUT2D eigenvalue weighted by Gasteiger charge is 2.15. The molecule has 0 spiro atoms. The topological polar surface area (TPSA) is 42.0 Å². The first-order chi connectivity index (χ1) is 8.74. The maximum Gasteiger partial charge on any atom is 0.194 e. The van der Waals surface area contributed by atoms with Crippen LogP contribution in [0.4, 0.5) is 10.1 Å². The fourth-order valence-electron chi connectivity index (χ4n) is 2.15. The van der Waals surface area contributed by atoms with Crippen molar-refractivity contribution in [2.75, 3.05) is 11.9 Å². The fraction of sp³-hybridized carbons (Fsp3) is 0.143. The van der Waals surface area contributed by atoms with E-state index >= 15 is 0 Å². The van der Waals surface area contributed by atoms with Gasteiger partial charge in [-0.05, 0) is 36.2 Å². The monoisotopic (exact) mass is 242 g/mol. The minimum absolute atomic E-state index is 0.197. The number of carbonyl (C=O) groups is 1. The first-order valence-electron chi connectivity index (χ1n) is 5.76. The van der Waals surface area contributed by atoms with Crippen LogP contribution in [0.15, 0.2) is 36.7 Å². The van der Waals surface area contributed by atoms with Gasteiger partial charge in [0.2, 0.25) is 0 Å². The van der Waals surface area contributed by atoms with Gasteiger partial charge in [0.25, 0.3) is 0 Å². The van der Waals surface area contributed by atoms with Gasteiger partial charge in [-0.3, -0.25) is 9.78 Å². The largest absolute Gasteiger partial charge is 0.384 e. The van der Waals surface area contributed by atoms with Crippen LogP contribution in [-0.4, -0.2) is 17.3 Å². The van der Waals surface area contributed by atoms with Gasteiger partial charge >= 0.3 is 0 Å². The van der Waals surface area contributed by atoms with Crippen molar-refractivity contribution in [1.82, 2.24) is 4.98 Å². The number of carbonyl (C=O) groups excluding carboxylic acids is 1. The average Bonchev–Trinajstić information content (AvgIpc) is 2.85. The van der Waals surface area contributed by atoms with Gasteiger partial charge in [0.15, 0.2) is 5.78 Å². The molecule has 0 saturated carbocycles. The molecule has 2 heterocycles. The van der Waals surface area contributed by atoms with Crippen LogP contribution < -0.4 is 5.32 Å². The molecule has 18 heavy (non-hydrogen) atoms. The molecule has 1 aliphatic rings. The van der Waals surface area contributed by atoms with E-state index in [1.165, 1.54) is 12.3 Å². The maximum atomic E-state index is 13.0. The predicted molar refractivity (Wildman–Crippen MR) is 66.3 cm³/mol.